The molecule has 0 radical (unpaired) electrons. The molecule has 174 valence electrons. The van der Waals surface area contributed by atoms with Crippen LogP contribution in [-0.2, 0) is 4.79 Å². The number of benzene rings is 2. The Balaban J connectivity index is 1.64. The number of aromatic nitrogens is 3. The van der Waals surface area contributed by atoms with E-state index < -0.39 is 4.92 Å². The number of carbonyl (C=O) groups is 1. The molecule has 9 heteroatoms. The van der Waals surface area contributed by atoms with Crippen LogP contribution < -0.4 is 5.32 Å². The molecular weight excluding hydrogens is 438 g/mol. The zero-order chi connectivity index (χ0) is 23.6. The summed E-state index contributed by atoms with van der Waals surface area (Å²) >= 11 is 1.59. The minimum absolute atomic E-state index is 0.0346. The Kier molecular flexibility index (Phi) is 9.00. The number of para-hydroxylation sites is 1. The van der Waals surface area contributed by atoms with Crippen molar-refractivity contribution in [3.05, 3.63) is 64.7 Å². The van der Waals surface area contributed by atoms with E-state index in [1.165, 1.54) is 12.1 Å². The van der Waals surface area contributed by atoms with Crippen molar-refractivity contribution in [1.82, 2.24) is 20.1 Å². The van der Waals surface area contributed by atoms with Crippen LogP contribution in [0.3, 0.4) is 0 Å². The van der Waals surface area contributed by atoms with E-state index in [1.54, 1.807) is 23.9 Å². The van der Waals surface area contributed by atoms with Gasteiger partial charge in [-0.2, -0.15) is 0 Å². The molecule has 1 heterocycles. The number of rotatable bonds is 12. The number of nitrogens with one attached hydrogen (secondary N) is 1. The number of hydrogen-bond acceptors (Lipinski definition) is 6. The predicted molar refractivity (Wildman–Crippen MR) is 130 cm³/mol. The number of non-ortho nitro benzene ring substituents is 1. The highest BCUT2D eigenvalue weighted by Gasteiger charge is 2.17. The van der Waals surface area contributed by atoms with E-state index in [-0.39, 0.29) is 11.6 Å². The summed E-state index contributed by atoms with van der Waals surface area (Å²) in [6.45, 7) is 5.02. The third-order valence-corrected chi connectivity index (χ3v) is 6.07. The van der Waals surface area contributed by atoms with Gasteiger partial charge in [0.2, 0.25) is 5.91 Å². The van der Waals surface area contributed by atoms with Gasteiger partial charge >= 0.3 is 0 Å². The van der Waals surface area contributed by atoms with E-state index in [0.29, 0.717) is 18.2 Å². The zero-order valence-corrected chi connectivity index (χ0v) is 19.8. The molecule has 33 heavy (non-hydrogen) atoms. The van der Waals surface area contributed by atoms with Crippen molar-refractivity contribution in [2.24, 2.45) is 5.92 Å². The third-order valence-electron chi connectivity index (χ3n) is 5.06. The Labute approximate surface area is 198 Å². The van der Waals surface area contributed by atoms with E-state index >= 15 is 0 Å². The number of thioether (sulfide) groups is 1. The summed E-state index contributed by atoms with van der Waals surface area (Å²) in [5.41, 5.74) is 1.71. The highest BCUT2D eigenvalue weighted by Crippen LogP contribution is 2.29. The third kappa shape index (κ3) is 7.15. The van der Waals surface area contributed by atoms with Crippen molar-refractivity contribution >= 4 is 23.4 Å². The van der Waals surface area contributed by atoms with Gasteiger partial charge in [0.25, 0.3) is 5.69 Å². The first-order valence-electron chi connectivity index (χ1n) is 11.1. The predicted octanol–water partition coefficient (Wildman–Crippen LogP) is 5.27. The van der Waals surface area contributed by atoms with Gasteiger partial charge in [0.05, 0.1) is 4.92 Å². The molecule has 0 aliphatic rings. The van der Waals surface area contributed by atoms with Gasteiger partial charge in [0.15, 0.2) is 11.0 Å². The van der Waals surface area contributed by atoms with Gasteiger partial charge in [-0.15, -0.1) is 10.2 Å². The topological polar surface area (TPSA) is 103 Å². The lowest BCUT2D eigenvalue weighted by Gasteiger charge is -2.10. The fourth-order valence-corrected chi connectivity index (χ4v) is 4.18. The van der Waals surface area contributed by atoms with Crippen molar-refractivity contribution in [3.8, 4) is 17.1 Å². The molecule has 1 aromatic heterocycles. The maximum atomic E-state index is 11.9. The van der Waals surface area contributed by atoms with Crippen molar-refractivity contribution in [2.45, 2.75) is 44.7 Å². The summed E-state index contributed by atoms with van der Waals surface area (Å²) < 4.78 is 1.96. The summed E-state index contributed by atoms with van der Waals surface area (Å²) in [5, 5.41) is 23.4. The van der Waals surface area contributed by atoms with Gasteiger partial charge in [0, 0.05) is 42.1 Å². The van der Waals surface area contributed by atoms with Crippen LogP contribution in [0.4, 0.5) is 5.69 Å². The van der Waals surface area contributed by atoms with Crippen LogP contribution >= 0.6 is 11.8 Å². The average molecular weight is 468 g/mol. The smallest absolute Gasteiger partial charge is 0.269 e. The van der Waals surface area contributed by atoms with E-state index in [9.17, 15) is 14.9 Å². The molecule has 0 atom stereocenters. The number of nitro groups is 1. The van der Waals surface area contributed by atoms with Crippen LogP contribution in [0.5, 0.6) is 0 Å². The fraction of sp³-hybridized carbons (Fsp3) is 0.375. The summed E-state index contributed by atoms with van der Waals surface area (Å²) in [4.78, 5) is 22.5. The number of carbonyl (C=O) groups excluding carboxylic acids is 1. The van der Waals surface area contributed by atoms with Gasteiger partial charge in [-0.3, -0.25) is 19.5 Å². The first kappa shape index (κ1) is 24.4. The quantitative estimate of drug-likeness (QED) is 0.168. The molecule has 0 bridgehead atoms. The van der Waals surface area contributed by atoms with Crippen molar-refractivity contribution in [3.63, 3.8) is 0 Å². The molecule has 1 amide bonds. The SMILES string of the molecule is CC(C)CCNC(=O)CCCCSc1nnc(-c2ccc([N+](=O)[O-])cc2)n1-c1ccccc1. The number of nitro benzene ring substituents is 1. The number of nitrogens with zero attached hydrogens (tertiary/aromatic N) is 4. The van der Waals surface area contributed by atoms with Gasteiger partial charge in [-0.25, -0.2) is 0 Å². The second kappa shape index (κ2) is 12.2. The van der Waals surface area contributed by atoms with Gasteiger partial charge in [-0.05, 0) is 49.4 Å². The van der Waals surface area contributed by atoms with E-state index in [2.05, 4.69) is 29.4 Å². The molecular formula is C24H29N5O3S. The largest absolute Gasteiger partial charge is 0.356 e. The van der Waals surface area contributed by atoms with Crippen LogP contribution in [0.15, 0.2) is 59.8 Å². The van der Waals surface area contributed by atoms with Crippen molar-refractivity contribution < 1.29 is 9.72 Å². The van der Waals surface area contributed by atoms with E-state index in [4.69, 9.17) is 0 Å². The molecule has 8 nitrogen and oxygen atoms in total. The molecule has 3 rings (SSSR count). The van der Waals surface area contributed by atoms with E-state index in [0.717, 1.165) is 48.0 Å². The van der Waals surface area contributed by atoms with Gasteiger partial charge in [0.1, 0.15) is 0 Å². The maximum absolute atomic E-state index is 11.9. The molecule has 0 saturated heterocycles. The first-order chi connectivity index (χ1) is 16.0. The molecule has 0 aliphatic heterocycles. The molecule has 0 aliphatic carbocycles. The van der Waals surface area contributed by atoms with Gasteiger partial charge < -0.3 is 5.32 Å². The number of hydrogen-bond donors (Lipinski definition) is 1. The Hall–Kier alpha value is -3.20. The van der Waals surface area contributed by atoms with Crippen LogP contribution in [0, 0.1) is 16.0 Å². The standard InChI is InChI=1S/C24H29N5O3S/c1-18(2)15-16-25-22(30)10-6-7-17-33-24-27-26-23(28(24)20-8-4-3-5-9-20)19-11-13-21(14-12-19)29(31)32/h3-5,8-9,11-14,18H,6-7,10,15-17H2,1-2H3,(H,25,30). The molecule has 0 spiro atoms. The second-order valence-electron chi connectivity index (χ2n) is 8.12. The average Bonchev–Trinajstić information content (AvgIpc) is 3.23. The lowest BCUT2D eigenvalue weighted by atomic mass is 10.1. The normalized spacial score (nSPS) is 11.0. The van der Waals surface area contributed by atoms with Gasteiger partial charge in [-0.1, -0.05) is 43.8 Å². The monoisotopic (exact) mass is 467 g/mol. The minimum atomic E-state index is -0.419. The fourth-order valence-electron chi connectivity index (χ4n) is 3.23. The summed E-state index contributed by atoms with van der Waals surface area (Å²) in [7, 11) is 0. The molecule has 0 fully saturated rings. The van der Waals surface area contributed by atoms with Crippen molar-refractivity contribution in [2.75, 3.05) is 12.3 Å². The minimum Gasteiger partial charge on any atom is -0.356 e. The first-order valence-corrected chi connectivity index (χ1v) is 12.1. The van der Waals surface area contributed by atoms with E-state index in [1.807, 2.05) is 34.9 Å². The van der Waals surface area contributed by atoms with Crippen LogP contribution in [0.2, 0.25) is 0 Å². The van der Waals surface area contributed by atoms with Crippen molar-refractivity contribution in [1.29, 1.82) is 0 Å². The Bertz CT molecular complexity index is 1050. The van der Waals surface area contributed by atoms with Crippen LogP contribution in [0.25, 0.3) is 17.1 Å². The molecule has 0 saturated carbocycles. The van der Waals surface area contributed by atoms with Crippen LogP contribution in [0.1, 0.15) is 39.5 Å². The summed E-state index contributed by atoms with van der Waals surface area (Å²) in [5.74, 6) is 2.13. The highest BCUT2D eigenvalue weighted by atomic mass is 32.2. The Morgan fingerprint density at radius 2 is 1.82 bits per heavy atom. The number of amides is 1. The molecule has 2 aromatic carbocycles. The Morgan fingerprint density at radius 3 is 2.48 bits per heavy atom. The second-order valence-corrected chi connectivity index (χ2v) is 9.18. The highest BCUT2D eigenvalue weighted by molar-refractivity contribution is 7.99. The number of unbranched alkanes of at least 4 members (excludes halogenated alkanes) is 1. The zero-order valence-electron chi connectivity index (χ0n) is 18.9. The lowest BCUT2D eigenvalue weighted by molar-refractivity contribution is -0.384. The Morgan fingerprint density at radius 1 is 1.09 bits per heavy atom. The molecule has 1 N–H and O–H groups in total. The summed E-state index contributed by atoms with van der Waals surface area (Å²) in [6.07, 6.45) is 3.22. The summed E-state index contributed by atoms with van der Waals surface area (Å²) in [6, 6.07) is 16.1. The molecule has 3 aromatic rings. The molecule has 0 unspecified atom stereocenters. The maximum Gasteiger partial charge on any atom is 0.269 e. The van der Waals surface area contributed by atoms with Crippen LogP contribution in [-0.4, -0.2) is 37.9 Å². The lowest BCUT2D eigenvalue weighted by Crippen LogP contribution is -2.24.